The van der Waals surface area contributed by atoms with E-state index in [2.05, 4.69) is 22.0 Å². The predicted molar refractivity (Wildman–Crippen MR) is 97.2 cm³/mol. The molecule has 0 N–H and O–H groups in total. The molecule has 0 aliphatic carbocycles. The Kier molecular flexibility index (Phi) is 5.95. The van der Waals surface area contributed by atoms with Gasteiger partial charge in [0.1, 0.15) is 0 Å². The molecule has 0 bridgehead atoms. The molecule has 0 aliphatic heterocycles. The zero-order chi connectivity index (χ0) is 17.0. The van der Waals surface area contributed by atoms with Crippen molar-refractivity contribution in [3.05, 3.63) is 56.0 Å². The molecule has 6 heteroatoms. The first-order chi connectivity index (χ1) is 11.0. The van der Waals surface area contributed by atoms with Gasteiger partial charge in [-0.15, -0.1) is 0 Å². The summed E-state index contributed by atoms with van der Waals surface area (Å²) in [6.45, 7) is 0. The summed E-state index contributed by atoms with van der Waals surface area (Å²) in [5.74, 6) is 1.15. The highest BCUT2D eigenvalue weighted by molar-refractivity contribution is 9.10. The summed E-state index contributed by atoms with van der Waals surface area (Å²) >= 11 is 15.5. The fourth-order valence-electron chi connectivity index (χ4n) is 2.07. The summed E-state index contributed by atoms with van der Waals surface area (Å²) in [6, 6.07) is 10.8. The molecule has 0 amide bonds. The van der Waals surface area contributed by atoms with Crippen LogP contribution in [0.25, 0.3) is 11.6 Å². The second kappa shape index (κ2) is 7.74. The van der Waals surface area contributed by atoms with Gasteiger partial charge in [0.25, 0.3) is 0 Å². The molecule has 3 nitrogen and oxygen atoms in total. The lowest BCUT2D eigenvalue weighted by atomic mass is 10.0. The van der Waals surface area contributed by atoms with Crippen LogP contribution in [0.3, 0.4) is 0 Å². The molecule has 0 heterocycles. The number of halogens is 3. The van der Waals surface area contributed by atoms with Crippen LogP contribution in [-0.2, 0) is 0 Å². The van der Waals surface area contributed by atoms with Crippen molar-refractivity contribution in [3.63, 3.8) is 0 Å². The van der Waals surface area contributed by atoms with Gasteiger partial charge in [0.15, 0.2) is 11.5 Å². The quantitative estimate of drug-likeness (QED) is 0.468. The number of methoxy groups -OCH3 is 2. The van der Waals surface area contributed by atoms with E-state index in [1.807, 2.05) is 6.07 Å². The Labute approximate surface area is 153 Å². The number of ether oxygens (including phenoxy) is 2. The first kappa shape index (κ1) is 17.7. The van der Waals surface area contributed by atoms with E-state index in [0.29, 0.717) is 32.7 Å². The highest BCUT2D eigenvalue weighted by Gasteiger charge is 2.12. The number of nitrogens with zero attached hydrogens (tertiary/aromatic N) is 1. The number of benzene rings is 2. The van der Waals surface area contributed by atoms with E-state index in [9.17, 15) is 5.26 Å². The van der Waals surface area contributed by atoms with Gasteiger partial charge in [0, 0.05) is 10.6 Å². The zero-order valence-corrected chi connectivity index (χ0v) is 15.5. The van der Waals surface area contributed by atoms with Crippen molar-refractivity contribution in [2.45, 2.75) is 0 Å². The molecule has 0 aromatic heterocycles. The van der Waals surface area contributed by atoms with Crippen molar-refractivity contribution in [1.82, 2.24) is 0 Å². The average molecular weight is 413 g/mol. The topological polar surface area (TPSA) is 42.2 Å². The van der Waals surface area contributed by atoms with Gasteiger partial charge in [-0.05, 0) is 51.8 Å². The lowest BCUT2D eigenvalue weighted by molar-refractivity contribution is 0.353. The van der Waals surface area contributed by atoms with Crippen molar-refractivity contribution in [2.75, 3.05) is 14.2 Å². The van der Waals surface area contributed by atoms with Gasteiger partial charge in [-0.3, -0.25) is 0 Å². The third-order valence-corrected chi connectivity index (χ3v) is 4.25. The molecule has 2 rings (SSSR count). The normalized spacial score (nSPS) is 11.0. The van der Waals surface area contributed by atoms with Gasteiger partial charge in [0.2, 0.25) is 0 Å². The third-order valence-electron chi connectivity index (χ3n) is 3.11. The van der Waals surface area contributed by atoms with E-state index in [1.54, 1.807) is 44.6 Å². The summed E-state index contributed by atoms with van der Waals surface area (Å²) in [6.07, 6.45) is 1.72. The number of allylic oxidation sites excluding steroid dienone is 1. The van der Waals surface area contributed by atoms with E-state index < -0.39 is 0 Å². The molecule has 0 fully saturated rings. The lowest BCUT2D eigenvalue weighted by Gasteiger charge is -2.11. The molecule has 0 unspecified atom stereocenters. The first-order valence-electron chi connectivity index (χ1n) is 6.49. The van der Waals surface area contributed by atoms with Crippen LogP contribution in [-0.4, -0.2) is 14.2 Å². The van der Waals surface area contributed by atoms with E-state index in [-0.39, 0.29) is 0 Å². The maximum absolute atomic E-state index is 9.45. The number of hydrogen-bond donors (Lipinski definition) is 0. The van der Waals surface area contributed by atoms with Crippen LogP contribution >= 0.6 is 39.1 Å². The average Bonchev–Trinajstić information content (AvgIpc) is 2.52. The molecule has 0 aliphatic rings. The van der Waals surface area contributed by atoms with Crippen molar-refractivity contribution < 1.29 is 9.47 Å². The largest absolute Gasteiger partial charge is 0.493 e. The summed E-state index contributed by atoms with van der Waals surface area (Å²) in [5, 5.41) is 10.4. The molecule has 118 valence electrons. The smallest absolute Gasteiger partial charge is 0.174 e. The SMILES string of the molecule is COc1cc(/C=C(\C#N)c2ccc(Cl)cc2Cl)cc(Br)c1OC. The minimum absolute atomic E-state index is 0.421. The second-order valence-corrected chi connectivity index (χ2v) is 6.23. The molecule has 2 aromatic rings. The standard InChI is InChI=1S/C17H12BrCl2NO2/c1-22-16-7-10(6-14(18)17(16)23-2)5-11(9-21)13-4-3-12(19)8-15(13)20/h3-8H,1-2H3/b11-5+. The van der Waals surface area contributed by atoms with Crippen LogP contribution in [0.4, 0.5) is 0 Å². The first-order valence-corrected chi connectivity index (χ1v) is 8.03. The van der Waals surface area contributed by atoms with Crippen molar-refractivity contribution in [3.8, 4) is 17.6 Å². The fraction of sp³-hybridized carbons (Fsp3) is 0.118. The minimum Gasteiger partial charge on any atom is -0.493 e. The monoisotopic (exact) mass is 411 g/mol. The molecule has 0 atom stereocenters. The van der Waals surface area contributed by atoms with E-state index in [4.69, 9.17) is 32.7 Å². The highest BCUT2D eigenvalue weighted by atomic mass is 79.9. The van der Waals surface area contributed by atoms with E-state index >= 15 is 0 Å². The maximum Gasteiger partial charge on any atom is 0.174 e. The molecule has 2 aromatic carbocycles. The Hall–Kier alpha value is -1.67. The zero-order valence-electron chi connectivity index (χ0n) is 12.4. The minimum atomic E-state index is 0.421. The molecular weight excluding hydrogens is 401 g/mol. The van der Waals surface area contributed by atoms with E-state index in [1.165, 1.54) is 0 Å². The van der Waals surface area contributed by atoms with Gasteiger partial charge in [-0.1, -0.05) is 29.3 Å². The Morgan fingerprint density at radius 2 is 1.91 bits per heavy atom. The van der Waals surface area contributed by atoms with Gasteiger partial charge < -0.3 is 9.47 Å². The van der Waals surface area contributed by atoms with Crippen LogP contribution in [0.2, 0.25) is 10.0 Å². The Morgan fingerprint density at radius 1 is 1.17 bits per heavy atom. The van der Waals surface area contributed by atoms with Crippen molar-refractivity contribution >= 4 is 50.8 Å². The van der Waals surface area contributed by atoms with Crippen LogP contribution in [0, 0.1) is 11.3 Å². The molecule has 0 saturated carbocycles. The lowest BCUT2D eigenvalue weighted by Crippen LogP contribution is -1.92. The molecular formula is C17H12BrCl2NO2. The van der Waals surface area contributed by atoms with E-state index in [0.717, 1.165) is 10.0 Å². The summed E-state index contributed by atoms with van der Waals surface area (Å²) in [7, 11) is 3.12. The third kappa shape index (κ3) is 4.00. The Bertz CT molecular complexity index is 813. The van der Waals surface area contributed by atoms with Crippen molar-refractivity contribution in [1.29, 1.82) is 5.26 Å². The highest BCUT2D eigenvalue weighted by Crippen LogP contribution is 2.37. The van der Waals surface area contributed by atoms with Gasteiger partial charge >= 0.3 is 0 Å². The van der Waals surface area contributed by atoms with Crippen LogP contribution < -0.4 is 9.47 Å². The van der Waals surface area contributed by atoms with Crippen LogP contribution in [0.1, 0.15) is 11.1 Å². The fourth-order valence-corrected chi connectivity index (χ4v) is 3.20. The molecule has 0 saturated heterocycles. The molecule has 23 heavy (non-hydrogen) atoms. The molecule has 0 radical (unpaired) electrons. The molecule has 0 spiro atoms. The van der Waals surface area contributed by atoms with Crippen LogP contribution in [0.15, 0.2) is 34.8 Å². The number of hydrogen-bond acceptors (Lipinski definition) is 3. The van der Waals surface area contributed by atoms with Crippen LogP contribution in [0.5, 0.6) is 11.5 Å². The van der Waals surface area contributed by atoms with Gasteiger partial charge in [0.05, 0.1) is 35.4 Å². The summed E-state index contributed by atoms with van der Waals surface area (Å²) in [5.41, 5.74) is 1.81. The summed E-state index contributed by atoms with van der Waals surface area (Å²) < 4.78 is 11.3. The number of nitriles is 1. The van der Waals surface area contributed by atoms with Gasteiger partial charge in [-0.25, -0.2) is 0 Å². The van der Waals surface area contributed by atoms with Gasteiger partial charge in [-0.2, -0.15) is 5.26 Å². The second-order valence-electron chi connectivity index (χ2n) is 4.53. The maximum atomic E-state index is 9.45. The number of rotatable bonds is 4. The Balaban J connectivity index is 2.54. The Morgan fingerprint density at radius 3 is 2.48 bits per heavy atom. The predicted octanol–water partition coefficient (Wildman–Crippen LogP) is 5.84. The van der Waals surface area contributed by atoms with Crippen molar-refractivity contribution in [2.24, 2.45) is 0 Å². The summed E-state index contributed by atoms with van der Waals surface area (Å²) in [4.78, 5) is 0.